The molecule has 1 saturated carbocycles. The molecular formula is C19H31N3O4. The number of carbonyl (C=O) groups is 2. The van der Waals surface area contributed by atoms with Crippen LogP contribution >= 0.6 is 0 Å². The number of nitrogens with zero attached hydrogens (tertiary/aromatic N) is 2. The topological polar surface area (TPSA) is 94.2 Å². The molecule has 1 fully saturated rings. The summed E-state index contributed by atoms with van der Waals surface area (Å²) in [6, 6.07) is 0. The molecule has 146 valence electrons. The maximum atomic E-state index is 12.3. The average Bonchev–Trinajstić information content (AvgIpc) is 3.04. The minimum Gasteiger partial charge on any atom is -0.466 e. The lowest BCUT2D eigenvalue weighted by atomic mass is 9.74. The zero-order valence-corrected chi connectivity index (χ0v) is 16.4. The van der Waals surface area contributed by atoms with E-state index in [-0.39, 0.29) is 42.2 Å². The zero-order valence-electron chi connectivity index (χ0n) is 16.4. The number of aromatic nitrogens is 3. The third kappa shape index (κ3) is 5.54. The minimum atomic E-state index is -0.279. The van der Waals surface area contributed by atoms with E-state index in [1.807, 2.05) is 0 Å². The largest absolute Gasteiger partial charge is 0.466 e. The van der Waals surface area contributed by atoms with Crippen molar-refractivity contribution < 1.29 is 19.1 Å². The molecule has 1 aliphatic rings. The van der Waals surface area contributed by atoms with Gasteiger partial charge < -0.3 is 9.47 Å². The van der Waals surface area contributed by atoms with Crippen molar-refractivity contribution in [2.45, 2.75) is 72.3 Å². The molecule has 2 rings (SSSR count). The lowest BCUT2D eigenvalue weighted by molar-refractivity contribution is -0.158. The molecule has 1 aliphatic carbocycles. The number of ether oxygens (including phenoxy) is 2. The van der Waals surface area contributed by atoms with Crippen LogP contribution in [0, 0.1) is 17.8 Å². The first-order chi connectivity index (χ1) is 12.3. The maximum Gasteiger partial charge on any atom is 0.313 e. The highest BCUT2D eigenvalue weighted by Crippen LogP contribution is 2.35. The van der Waals surface area contributed by atoms with Crippen LogP contribution in [0.15, 0.2) is 0 Å². The summed E-state index contributed by atoms with van der Waals surface area (Å²) in [6.45, 7) is 10.2. The molecule has 0 bridgehead atoms. The summed E-state index contributed by atoms with van der Waals surface area (Å²) in [5, 5.41) is 7.01. The number of esters is 2. The molecule has 3 unspecified atom stereocenters. The van der Waals surface area contributed by atoms with Crippen molar-refractivity contribution >= 4 is 11.9 Å². The van der Waals surface area contributed by atoms with Gasteiger partial charge in [0, 0.05) is 12.8 Å². The Bertz CT molecular complexity index is 604. The van der Waals surface area contributed by atoms with Gasteiger partial charge in [-0.25, -0.2) is 4.98 Å². The van der Waals surface area contributed by atoms with Gasteiger partial charge in [0.15, 0.2) is 5.82 Å². The lowest BCUT2D eigenvalue weighted by Gasteiger charge is -2.38. The second kappa shape index (κ2) is 9.14. The van der Waals surface area contributed by atoms with Gasteiger partial charge in [-0.1, -0.05) is 27.7 Å². The second-order valence-electron chi connectivity index (χ2n) is 7.68. The van der Waals surface area contributed by atoms with Crippen LogP contribution in [0.3, 0.4) is 0 Å². The van der Waals surface area contributed by atoms with Gasteiger partial charge in [0.05, 0.1) is 6.61 Å². The Morgan fingerprint density at radius 3 is 2.50 bits per heavy atom. The fraction of sp³-hybridized carbons (Fsp3) is 0.789. The summed E-state index contributed by atoms with van der Waals surface area (Å²) in [4.78, 5) is 27.7. The number of H-pyrrole nitrogens is 1. The van der Waals surface area contributed by atoms with Gasteiger partial charge in [-0.15, -0.1) is 0 Å². The van der Waals surface area contributed by atoms with Crippen LogP contribution in [-0.2, 0) is 25.5 Å². The van der Waals surface area contributed by atoms with Gasteiger partial charge in [-0.2, -0.15) is 5.10 Å². The van der Waals surface area contributed by atoms with E-state index >= 15 is 0 Å². The van der Waals surface area contributed by atoms with Crippen molar-refractivity contribution in [2.24, 2.45) is 17.8 Å². The van der Waals surface area contributed by atoms with E-state index in [4.69, 9.17) is 9.47 Å². The smallest absolute Gasteiger partial charge is 0.313 e. The minimum absolute atomic E-state index is 0.107. The van der Waals surface area contributed by atoms with Crippen LogP contribution in [0.2, 0.25) is 0 Å². The molecule has 0 saturated heterocycles. The molecule has 1 heterocycles. The number of nitrogens with one attached hydrogen (secondary N) is 1. The van der Waals surface area contributed by atoms with Crippen molar-refractivity contribution in [3.8, 4) is 0 Å². The first kappa shape index (κ1) is 20.4. The van der Waals surface area contributed by atoms with E-state index in [0.717, 1.165) is 25.1 Å². The van der Waals surface area contributed by atoms with Crippen LogP contribution in [0.5, 0.6) is 0 Å². The van der Waals surface area contributed by atoms with Crippen molar-refractivity contribution in [1.29, 1.82) is 0 Å². The molecule has 1 aromatic rings. The van der Waals surface area contributed by atoms with E-state index in [2.05, 4.69) is 42.9 Å². The first-order valence-corrected chi connectivity index (χ1v) is 9.54. The molecule has 0 aromatic carbocycles. The summed E-state index contributed by atoms with van der Waals surface area (Å²) in [6.07, 6.45) is 2.71. The van der Waals surface area contributed by atoms with E-state index in [1.165, 1.54) is 6.92 Å². The fourth-order valence-electron chi connectivity index (χ4n) is 3.70. The molecule has 0 radical (unpaired) electrons. The summed E-state index contributed by atoms with van der Waals surface area (Å²) >= 11 is 0. The summed E-state index contributed by atoms with van der Waals surface area (Å²) in [7, 11) is 0. The first-order valence-electron chi connectivity index (χ1n) is 9.54. The van der Waals surface area contributed by atoms with Crippen LogP contribution < -0.4 is 0 Å². The van der Waals surface area contributed by atoms with Gasteiger partial charge in [-0.05, 0) is 37.0 Å². The van der Waals surface area contributed by atoms with E-state index in [0.29, 0.717) is 18.3 Å². The normalized spacial score (nSPS) is 27.0. The van der Waals surface area contributed by atoms with Crippen molar-refractivity contribution in [2.75, 3.05) is 6.61 Å². The van der Waals surface area contributed by atoms with Crippen molar-refractivity contribution in [1.82, 2.24) is 15.2 Å². The van der Waals surface area contributed by atoms with E-state index in [9.17, 15) is 9.59 Å². The maximum absolute atomic E-state index is 12.3. The number of aromatic amines is 1. The molecule has 0 aliphatic heterocycles. The highest BCUT2D eigenvalue weighted by Gasteiger charge is 2.36. The predicted octanol–water partition coefficient (Wildman–Crippen LogP) is 3.02. The lowest BCUT2D eigenvalue weighted by Crippen LogP contribution is -2.39. The Hall–Kier alpha value is -1.92. The van der Waals surface area contributed by atoms with Crippen LogP contribution in [-0.4, -0.2) is 39.8 Å². The average molecular weight is 365 g/mol. The highest BCUT2D eigenvalue weighted by molar-refractivity contribution is 5.71. The molecule has 3 atom stereocenters. The number of carbonyl (C=O) groups excluding carboxylic acids is 2. The Morgan fingerprint density at radius 1 is 1.27 bits per heavy atom. The zero-order chi connectivity index (χ0) is 19.3. The third-order valence-corrected chi connectivity index (χ3v) is 5.24. The fourth-order valence-corrected chi connectivity index (χ4v) is 3.70. The van der Waals surface area contributed by atoms with Gasteiger partial charge in [0.25, 0.3) is 0 Å². The van der Waals surface area contributed by atoms with Crippen LogP contribution in [0.4, 0.5) is 0 Å². The summed E-state index contributed by atoms with van der Waals surface area (Å²) < 4.78 is 10.9. The summed E-state index contributed by atoms with van der Waals surface area (Å²) in [5.74, 6) is 1.82. The number of hydrogen-bond acceptors (Lipinski definition) is 6. The van der Waals surface area contributed by atoms with E-state index in [1.54, 1.807) is 0 Å². The Labute approximate surface area is 155 Å². The van der Waals surface area contributed by atoms with Crippen molar-refractivity contribution in [3.05, 3.63) is 11.6 Å². The molecule has 0 amide bonds. The number of rotatable bonds is 7. The Balaban J connectivity index is 1.86. The summed E-state index contributed by atoms with van der Waals surface area (Å²) in [5.41, 5.74) is 0. The van der Waals surface area contributed by atoms with Gasteiger partial charge >= 0.3 is 11.9 Å². The quantitative estimate of drug-likeness (QED) is 0.747. The standard InChI is InChI=1S/C19H31N3O4/c1-6-11(2)19-20-16(21-22-19)9-17(24)26-18-12(3)7-15(8-13(18)4)10-25-14(5)23/h11-13,15,18H,6-10H2,1-5H3,(H,20,21,22). The third-order valence-electron chi connectivity index (χ3n) is 5.24. The van der Waals surface area contributed by atoms with Gasteiger partial charge in [-0.3, -0.25) is 14.7 Å². The number of hydrogen-bond donors (Lipinski definition) is 1. The molecule has 1 N–H and O–H groups in total. The van der Waals surface area contributed by atoms with Gasteiger partial charge in [0.1, 0.15) is 18.3 Å². The van der Waals surface area contributed by atoms with Crippen LogP contribution in [0.1, 0.15) is 71.4 Å². The molecular weight excluding hydrogens is 334 g/mol. The molecule has 26 heavy (non-hydrogen) atoms. The Morgan fingerprint density at radius 2 is 1.92 bits per heavy atom. The SMILES string of the molecule is CCC(C)c1n[nH]c(CC(=O)OC2C(C)CC(COC(C)=O)CC2C)n1. The van der Waals surface area contributed by atoms with E-state index < -0.39 is 0 Å². The predicted molar refractivity (Wildman–Crippen MR) is 96.4 cm³/mol. The monoisotopic (exact) mass is 365 g/mol. The Kier molecular flexibility index (Phi) is 7.17. The molecule has 7 nitrogen and oxygen atoms in total. The highest BCUT2D eigenvalue weighted by atomic mass is 16.5. The second-order valence-corrected chi connectivity index (χ2v) is 7.68. The molecule has 1 aromatic heterocycles. The van der Waals surface area contributed by atoms with Gasteiger partial charge in [0.2, 0.25) is 0 Å². The molecule has 7 heteroatoms. The van der Waals surface area contributed by atoms with Crippen molar-refractivity contribution in [3.63, 3.8) is 0 Å². The molecule has 0 spiro atoms. The van der Waals surface area contributed by atoms with Crippen LogP contribution in [0.25, 0.3) is 0 Å².